The molecule has 0 bridgehead atoms. The standard InChI is InChI=1S/C26H32N4O2/c1-18(2)16-29(26(32)19(3)4)17-25(31)27-24-15-23(21-9-7-6-8-10-21)28-30(24)22-13-11-20(5)12-14-22/h6-15,18-19H,16-17H2,1-5H3,(H,27,31). The highest BCUT2D eigenvalue weighted by molar-refractivity contribution is 5.94. The third-order valence-electron chi connectivity index (χ3n) is 5.05. The van der Waals surface area contributed by atoms with Gasteiger partial charge in [-0.15, -0.1) is 0 Å². The summed E-state index contributed by atoms with van der Waals surface area (Å²) < 4.78 is 1.73. The number of hydrogen-bond acceptors (Lipinski definition) is 3. The molecule has 0 radical (unpaired) electrons. The van der Waals surface area contributed by atoms with Crippen LogP contribution in [0.5, 0.6) is 0 Å². The van der Waals surface area contributed by atoms with E-state index in [0.29, 0.717) is 12.4 Å². The minimum Gasteiger partial charge on any atom is -0.333 e. The largest absolute Gasteiger partial charge is 0.333 e. The molecular formula is C26H32N4O2. The van der Waals surface area contributed by atoms with Crippen molar-refractivity contribution >= 4 is 17.6 Å². The van der Waals surface area contributed by atoms with E-state index >= 15 is 0 Å². The lowest BCUT2D eigenvalue weighted by Gasteiger charge is -2.25. The molecular weight excluding hydrogens is 400 g/mol. The molecule has 6 heteroatoms. The number of nitrogens with zero attached hydrogens (tertiary/aromatic N) is 3. The van der Waals surface area contributed by atoms with E-state index in [1.54, 1.807) is 9.58 Å². The predicted molar refractivity (Wildman–Crippen MR) is 129 cm³/mol. The van der Waals surface area contributed by atoms with E-state index in [-0.39, 0.29) is 30.2 Å². The van der Waals surface area contributed by atoms with Crippen molar-refractivity contribution in [3.63, 3.8) is 0 Å². The summed E-state index contributed by atoms with van der Waals surface area (Å²) in [5.41, 5.74) is 3.72. The molecule has 0 aliphatic heterocycles. The Morgan fingerprint density at radius 2 is 1.66 bits per heavy atom. The lowest BCUT2D eigenvalue weighted by atomic mass is 10.1. The lowest BCUT2D eigenvalue weighted by Crippen LogP contribution is -2.42. The van der Waals surface area contributed by atoms with Gasteiger partial charge in [-0.1, -0.05) is 75.7 Å². The van der Waals surface area contributed by atoms with Gasteiger partial charge in [0, 0.05) is 24.1 Å². The molecule has 0 spiro atoms. The molecule has 6 nitrogen and oxygen atoms in total. The van der Waals surface area contributed by atoms with E-state index in [2.05, 4.69) is 5.32 Å². The van der Waals surface area contributed by atoms with Gasteiger partial charge in [-0.3, -0.25) is 9.59 Å². The molecule has 3 aromatic rings. The number of carbonyl (C=O) groups excluding carboxylic acids is 2. The number of carbonyl (C=O) groups is 2. The Morgan fingerprint density at radius 1 is 1.00 bits per heavy atom. The summed E-state index contributed by atoms with van der Waals surface area (Å²) in [5.74, 6) is 0.412. The Bertz CT molecular complexity index is 1050. The molecule has 1 heterocycles. The fourth-order valence-corrected chi connectivity index (χ4v) is 3.50. The second-order valence-corrected chi connectivity index (χ2v) is 8.84. The molecule has 0 aliphatic carbocycles. The van der Waals surface area contributed by atoms with Gasteiger partial charge >= 0.3 is 0 Å². The molecule has 1 N–H and O–H groups in total. The van der Waals surface area contributed by atoms with E-state index in [1.807, 2.05) is 95.3 Å². The van der Waals surface area contributed by atoms with Crippen LogP contribution in [0.1, 0.15) is 33.3 Å². The van der Waals surface area contributed by atoms with Crippen molar-refractivity contribution in [3.05, 3.63) is 66.2 Å². The molecule has 0 atom stereocenters. The second-order valence-electron chi connectivity index (χ2n) is 8.84. The molecule has 0 saturated carbocycles. The Kier molecular flexibility index (Phi) is 7.46. The molecule has 3 rings (SSSR count). The Morgan fingerprint density at radius 3 is 2.25 bits per heavy atom. The minimum atomic E-state index is -0.243. The highest BCUT2D eigenvalue weighted by Gasteiger charge is 2.22. The summed E-state index contributed by atoms with van der Waals surface area (Å²) in [4.78, 5) is 27.2. The van der Waals surface area contributed by atoms with Gasteiger partial charge in [0.2, 0.25) is 11.8 Å². The van der Waals surface area contributed by atoms with E-state index < -0.39 is 0 Å². The van der Waals surface area contributed by atoms with Crippen LogP contribution < -0.4 is 5.32 Å². The van der Waals surface area contributed by atoms with Crippen LogP contribution in [0.4, 0.5) is 5.82 Å². The zero-order chi connectivity index (χ0) is 23.3. The summed E-state index contributed by atoms with van der Waals surface area (Å²) in [7, 11) is 0. The molecule has 168 valence electrons. The molecule has 32 heavy (non-hydrogen) atoms. The Hall–Kier alpha value is -3.41. The summed E-state index contributed by atoms with van der Waals surface area (Å²) in [6, 6.07) is 19.7. The first-order valence-corrected chi connectivity index (χ1v) is 11.1. The van der Waals surface area contributed by atoms with Crippen LogP contribution >= 0.6 is 0 Å². The molecule has 0 unspecified atom stereocenters. The highest BCUT2D eigenvalue weighted by Crippen LogP contribution is 2.25. The summed E-state index contributed by atoms with van der Waals surface area (Å²) >= 11 is 0. The fraction of sp³-hybridized carbons (Fsp3) is 0.346. The number of aromatic nitrogens is 2. The molecule has 2 aromatic carbocycles. The van der Waals surface area contributed by atoms with Gasteiger partial charge in [-0.2, -0.15) is 5.10 Å². The third kappa shape index (κ3) is 5.84. The van der Waals surface area contributed by atoms with Crippen LogP contribution in [0.2, 0.25) is 0 Å². The lowest BCUT2D eigenvalue weighted by molar-refractivity contribution is -0.138. The van der Waals surface area contributed by atoms with E-state index in [1.165, 1.54) is 0 Å². The average molecular weight is 433 g/mol. The minimum absolute atomic E-state index is 0.00887. The van der Waals surface area contributed by atoms with Crippen molar-refractivity contribution in [1.82, 2.24) is 14.7 Å². The summed E-state index contributed by atoms with van der Waals surface area (Å²) in [6.07, 6.45) is 0. The van der Waals surface area contributed by atoms with Crippen molar-refractivity contribution < 1.29 is 9.59 Å². The highest BCUT2D eigenvalue weighted by atomic mass is 16.2. The molecule has 1 aromatic heterocycles. The normalized spacial score (nSPS) is 11.1. The maximum Gasteiger partial charge on any atom is 0.245 e. The number of amides is 2. The van der Waals surface area contributed by atoms with Crippen LogP contribution in [-0.2, 0) is 9.59 Å². The number of aryl methyl sites for hydroxylation is 1. The van der Waals surface area contributed by atoms with Crippen molar-refractivity contribution in [2.75, 3.05) is 18.4 Å². The maximum absolute atomic E-state index is 13.0. The summed E-state index contributed by atoms with van der Waals surface area (Å²) in [5, 5.41) is 7.72. The first-order valence-electron chi connectivity index (χ1n) is 11.1. The van der Waals surface area contributed by atoms with Crippen LogP contribution in [0.25, 0.3) is 16.9 Å². The van der Waals surface area contributed by atoms with Crippen LogP contribution in [0.3, 0.4) is 0 Å². The van der Waals surface area contributed by atoms with E-state index in [4.69, 9.17) is 5.10 Å². The van der Waals surface area contributed by atoms with Gasteiger partial charge in [0.25, 0.3) is 0 Å². The van der Waals surface area contributed by atoms with Gasteiger partial charge in [0.05, 0.1) is 17.9 Å². The van der Waals surface area contributed by atoms with E-state index in [0.717, 1.165) is 22.5 Å². The van der Waals surface area contributed by atoms with Gasteiger partial charge in [0.1, 0.15) is 5.82 Å². The number of nitrogens with one attached hydrogen (secondary N) is 1. The van der Waals surface area contributed by atoms with Crippen LogP contribution in [0.15, 0.2) is 60.7 Å². The van der Waals surface area contributed by atoms with Gasteiger partial charge in [0.15, 0.2) is 0 Å². The second kappa shape index (κ2) is 10.3. The quantitative estimate of drug-likeness (QED) is 0.549. The first kappa shape index (κ1) is 23.3. The first-order chi connectivity index (χ1) is 15.2. The van der Waals surface area contributed by atoms with Gasteiger partial charge < -0.3 is 10.2 Å². The summed E-state index contributed by atoms with van der Waals surface area (Å²) in [6.45, 7) is 10.4. The maximum atomic E-state index is 13.0. The topological polar surface area (TPSA) is 67.2 Å². The van der Waals surface area contributed by atoms with Crippen LogP contribution in [0, 0.1) is 18.8 Å². The van der Waals surface area contributed by atoms with Crippen molar-refractivity contribution in [2.45, 2.75) is 34.6 Å². The predicted octanol–water partition coefficient (Wildman–Crippen LogP) is 4.93. The monoisotopic (exact) mass is 432 g/mol. The molecule has 0 aliphatic rings. The zero-order valence-corrected chi connectivity index (χ0v) is 19.5. The number of rotatable bonds is 8. The molecule has 2 amide bonds. The van der Waals surface area contributed by atoms with E-state index in [9.17, 15) is 9.59 Å². The number of benzene rings is 2. The molecule has 0 fully saturated rings. The zero-order valence-electron chi connectivity index (χ0n) is 19.5. The van der Waals surface area contributed by atoms with Crippen molar-refractivity contribution in [1.29, 1.82) is 0 Å². The fourth-order valence-electron chi connectivity index (χ4n) is 3.50. The van der Waals surface area contributed by atoms with Crippen LogP contribution in [-0.4, -0.2) is 39.6 Å². The van der Waals surface area contributed by atoms with Crippen molar-refractivity contribution in [3.8, 4) is 16.9 Å². The van der Waals surface area contributed by atoms with Gasteiger partial charge in [-0.05, 0) is 25.0 Å². The average Bonchev–Trinajstić information content (AvgIpc) is 3.17. The third-order valence-corrected chi connectivity index (χ3v) is 5.05. The Labute approximate surface area is 190 Å². The smallest absolute Gasteiger partial charge is 0.245 e. The Balaban J connectivity index is 1.89. The van der Waals surface area contributed by atoms with Gasteiger partial charge in [-0.25, -0.2) is 4.68 Å². The van der Waals surface area contributed by atoms with Crippen molar-refractivity contribution in [2.24, 2.45) is 11.8 Å². The number of hydrogen-bond donors (Lipinski definition) is 1. The molecule has 0 saturated heterocycles. The SMILES string of the molecule is Cc1ccc(-n2nc(-c3ccccc3)cc2NC(=O)CN(CC(C)C)C(=O)C(C)C)cc1. The number of anilines is 1.